The van der Waals surface area contributed by atoms with Crippen molar-refractivity contribution in [2.75, 3.05) is 21.3 Å². The predicted molar refractivity (Wildman–Crippen MR) is 78.0 cm³/mol. The Labute approximate surface area is 121 Å². The van der Waals surface area contributed by atoms with Crippen LogP contribution in [0.4, 0.5) is 4.79 Å². The van der Waals surface area contributed by atoms with E-state index in [-0.39, 0.29) is 11.1 Å². The molecule has 0 spiro atoms. The molecule has 1 fully saturated rings. The van der Waals surface area contributed by atoms with Crippen molar-refractivity contribution in [2.24, 2.45) is 0 Å². The van der Waals surface area contributed by atoms with Crippen molar-refractivity contribution in [3.05, 3.63) is 28.2 Å². The predicted octanol–water partition coefficient (Wildman–Crippen LogP) is 2.68. The van der Waals surface area contributed by atoms with Crippen molar-refractivity contribution in [3.8, 4) is 11.5 Å². The first kappa shape index (κ1) is 14.5. The van der Waals surface area contributed by atoms with E-state index in [4.69, 9.17) is 9.47 Å². The minimum absolute atomic E-state index is 0.264. The van der Waals surface area contributed by atoms with Crippen molar-refractivity contribution < 1.29 is 19.1 Å². The first-order valence-corrected chi connectivity index (χ1v) is 6.73. The van der Waals surface area contributed by atoms with E-state index in [1.165, 1.54) is 7.05 Å². The maximum Gasteiger partial charge on any atom is 0.293 e. The maximum absolute atomic E-state index is 11.9. The monoisotopic (exact) mass is 293 g/mol. The highest BCUT2D eigenvalue weighted by atomic mass is 32.2. The second-order valence-electron chi connectivity index (χ2n) is 4.30. The molecule has 20 heavy (non-hydrogen) atoms. The first-order chi connectivity index (χ1) is 9.47. The van der Waals surface area contributed by atoms with E-state index in [1.54, 1.807) is 26.4 Å². The van der Waals surface area contributed by atoms with Crippen LogP contribution in [0.5, 0.6) is 11.5 Å². The van der Waals surface area contributed by atoms with Crippen LogP contribution in [0.3, 0.4) is 0 Å². The molecule has 5 nitrogen and oxygen atoms in total. The zero-order valence-electron chi connectivity index (χ0n) is 11.7. The molecule has 1 aliphatic rings. The van der Waals surface area contributed by atoms with Gasteiger partial charge in [-0.3, -0.25) is 14.5 Å². The summed E-state index contributed by atoms with van der Waals surface area (Å²) in [6.07, 6.45) is 1.70. The summed E-state index contributed by atoms with van der Waals surface area (Å²) < 4.78 is 10.5. The fourth-order valence-corrected chi connectivity index (χ4v) is 2.66. The lowest BCUT2D eigenvalue weighted by Crippen LogP contribution is -2.22. The van der Waals surface area contributed by atoms with Crippen LogP contribution in [0.25, 0.3) is 6.08 Å². The third kappa shape index (κ3) is 2.51. The number of imide groups is 1. The van der Waals surface area contributed by atoms with Gasteiger partial charge in [0.15, 0.2) is 11.5 Å². The number of amides is 2. The minimum atomic E-state index is -0.283. The first-order valence-electron chi connectivity index (χ1n) is 5.92. The molecule has 1 aliphatic heterocycles. The van der Waals surface area contributed by atoms with Crippen molar-refractivity contribution in [1.82, 2.24) is 4.90 Å². The van der Waals surface area contributed by atoms with Crippen LogP contribution in [-0.4, -0.2) is 37.3 Å². The average molecular weight is 293 g/mol. The molecule has 6 heteroatoms. The van der Waals surface area contributed by atoms with Crippen molar-refractivity contribution in [2.45, 2.75) is 6.92 Å². The Balaban J connectivity index is 2.44. The molecule has 1 aromatic rings. The van der Waals surface area contributed by atoms with Crippen LogP contribution >= 0.6 is 11.8 Å². The van der Waals surface area contributed by atoms with Gasteiger partial charge in [-0.2, -0.15) is 0 Å². The molecule has 106 valence electrons. The molecule has 1 heterocycles. The van der Waals surface area contributed by atoms with E-state index >= 15 is 0 Å². The number of rotatable bonds is 3. The normalized spacial score (nSPS) is 17.0. The molecule has 1 saturated heterocycles. The number of hydrogen-bond donors (Lipinski definition) is 0. The van der Waals surface area contributed by atoms with Crippen LogP contribution in [0.15, 0.2) is 17.0 Å². The molecule has 0 radical (unpaired) electrons. The fourth-order valence-electron chi connectivity index (χ4n) is 1.84. The van der Waals surface area contributed by atoms with Gasteiger partial charge in [0.05, 0.1) is 19.1 Å². The van der Waals surface area contributed by atoms with Gasteiger partial charge in [0.25, 0.3) is 11.1 Å². The van der Waals surface area contributed by atoms with Crippen LogP contribution < -0.4 is 9.47 Å². The maximum atomic E-state index is 11.9. The van der Waals surface area contributed by atoms with Crippen LogP contribution in [0.1, 0.15) is 11.1 Å². The Kier molecular flexibility index (Phi) is 4.04. The van der Waals surface area contributed by atoms with Gasteiger partial charge in [0.2, 0.25) is 0 Å². The van der Waals surface area contributed by atoms with E-state index in [9.17, 15) is 9.59 Å². The number of methoxy groups -OCH3 is 2. The number of thioether (sulfide) groups is 1. The molecular weight excluding hydrogens is 278 g/mol. The Hall–Kier alpha value is -1.95. The molecule has 2 amide bonds. The van der Waals surface area contributed by atoms with E-state index in [1.807, 2.05) is 13.0 Å². The van der Waals surface area contributed by atoms with E-state index in [0.717, 1.165) is 27.8 Å². The van der Waals surface area contributed by atoms with Gasteiger partial charge < -0.3 is 9.47 Å². The molecular formula is C14H15NO4S. The summed E-state index contributed by atoms with van der Waals surface area (Å²) in [4.78, 5) is 24.9. The second kappa shape index (κ2) is 5.58. The van der Waals surface area contributed by atoms with Crippen molar-refractivity contribution >= 4 is 29.0 Å². The van der Waals surface area contributed by atoms with E-state index < -0.39 is 0 Å². The Bertz CT molecular complexity index is 609. The van der Waals surface area contributed by atoms with E-state index in [0.29, 0.717) is 16.4 Å². The molecule has 0 N–H and O–H groups in total. The summed E-state index contributed by atoms with van der Waals surface area (Å²) in [6.45, 7) is 1.91. The zero-order chi connectivity index (χ0) is 14.9. The molecule has 0 aliphatic carbocycles. The molecule has 0 aromatic heterocycles. The molecule has 0 saturated carbocycles. The van der Waals surface area contributed by atoms with Gasteiger partial charge >= 0.3 is 0 Å². The number of aryl methyl sites for hydroxylation is 1. The lowest BCUT2D eigenvalue weighted by molar-refractivity contribution is -0.121. The third-order valence-corrected chi connectivity index (χ3v) is 4.01. The van der Waals surface area contributed by atoms with Crippen molar-refractivity contribution in [1.29, 1.82) is 0 Å². The summed E-state index contributed by atoms with van der Waals surface area (Å²) >= 11 is 0.935. The number of nitrogens with zero attached hydrogens (tertiary/aromatic N) is 1. The summed E-state index contributed by atoms with van der Waals surface area (Å²) in [5.74, 6) is 0.931. The molecule has 0 bridgehead atoms. The second-order valence-corrected chi connectivity index (χ2v) is 5.30. The summed E-state index contributed by atoms with van der Waals surface area (Å²) in [7, 11) is 4.59. The Morgan fingerprint density at radius 2 is 1.75 bits per heavy atom. The quantitative estimate of drug-likeness (QED) is 0.802. The fraction of sp³-hybridized carbons (Fsp3) is 0.286. The highest BCUT2D eigenvalue weighted by Gasteiger charge is 2.31. The third-order valence-electron chi connectivity index (χ3n) is 3.05. The molecule has 2 rings (SSSR count). The van der Waals surface area contributed by atoms with Gasteiger partial charge in [-0.1, -0.05) is 0 Å². The van der Waals surface area contributed by atoms with Gasteiger partial charge in [-0.05, 0) is 48.0 Å². The standard InChI is InChI=1S/C14H15NO4S/c1-8-5-10(18-3)11(19-4)6-9(8)7-12-13(16)15(2)14(17)20-12/h5-7H,1-4H3/b12-7+. The largest absolute Gasteiger partial charge is 0.493 e. The highest BCUT2D eigenvalue weighted by molar-refractivity contribution is 8.18. The minimum Gasteiger partial charge on any atom is -0.493 e. The lowest BCUT2D eigenvalue weighted by Gasteiger charge is -2.11. The molecule has 0 unspecified atom stereocenters. The summed E-state index contributed by atoms with van der Waals surface area (Å²) in [5.41, 5.74) is 1.76. The topological polar surface area (TPSA) is 55.8 Å². The smallest absolute Gasteiger partial charge is 0.293 e. The van der Waals surface area contributed by atoms with Gasteiger partial charge in [0.1, 0.15) is 0 Å². The van der Waals surface area contributed by atoms with Gasteiger partial charge in [-0.15, -0.1) is 0 Å². The van der Waals surface area contributed by atoms with Crippen LogP contribution in [0, 0.1) is 6.92 Å². The number of carbonyl (C=O) groups is 2. The Morgan fingerprint density at radius 3 is 2.25 bits per heavy atom. The average Bonchev–Trinajstić information content (AvgIpc) is 2.68. The number of ether oxygens (including phenoxy) is 2. The summed E-state index contributed by atoms with van der Waals surface area (Å²) in [6, 6.07) is 3.62. The van der Waals surface area contributed by atoms with Gasteiger partial charge in [0, 0.05) is 7.05 Å². The number of hydrogen-bond acceptors (Lipinski definition) is 5. The number of carbonyl (C=O) groups excluding carboxylic acids is 2. The van der Waals surface area contributed by atoms with Crippen LogP contribution in [0.2, 0.25) is 0 Å². The molecule has 0 atom stereocenters. The van der Waals surface area contributed by atoms with Gasteiger partial charge in [-0.25, -0.2) is 0 Å². The van der Waals surface area contributed by atoms with Crippen molar-refractivity contribution in [3.63, 3.8) is 0 Å². The van der Waals surface area contributed by atoms with E-state index in [2.05, 4.69) is 0 Å². The SMILES string of the molecule is COc1cc(C)c(/C=C2/SC(=O)N(C)C2=O)cc1OC. The number of benzene rings is 1. The zero-order valence-corrected chi connectivity index (χ0v) is 12.5. The Morgan fingerprint density at radius 1 is 1.15 bits per heavy atom. The van der Waals surface area contributed by atoms with Crippen LogP contribution in [-0.2, 0) is 4.79 Å². The molecule has 1 aromatic carbocycles. The number of likely N-dealkylation sites (N-methyl/N-ethyl adjacent to an activating group) is 1. The lowest BCUT2D eigenvalue weighted by atomic mass is 10.1. The highest BCUT2D eigenvalue weighted by Crippen LogP contribution is 2.35. The summed E-state index contributed by atoms with van der Waals surface area (Å²) in [5, 5.41) is -0.264.